The maximum Gasteiger partial charge on any atom is 0.253 e. The SMILES string of the molecule is Cc1ncccc1C(=O)NC1CCn2ccnc2C1. The van der Waals surface area contributed by atoms with Crippen molar-refractivity contribution in [2.24, 2.45) is 0 Å². The Bertz CT molecular complexity index is 605. The Morgan fingerprint density at radius 1 is 1.42 bits per heavy atom. The predicted molar refractivity (Wildman–Crippen MR) is 70.8 cm³/mol. The number of nitrogens with zero attached hydrogens (tertiary/aromatic N) is 3. The third kappa shape index (κ3) is 2.36. The van der Waals surface area contributed by atoms with Crippen LogP contribution in [0.25, 0.3) is 0 Å². The highest BCUT2D eigenvalue weighted by molar-refractivity contribution is 5.95. The predicted octanol–water partition coefficient (Wildman–Crippen LogP) is 1.33. The van der Waals surface area contributed by atoms with Crippen LogP contribution in [0.4, 0.5) is 0 Å². The van der Waals surface area contributed by atoms with E-state index in [0.29, 0.717) is 5.56 Å². The summed E-state index contributed by atoms with van der Waals surface area (Å²) in [7, 11) is 0. The first-order chi connectivity index (χ1) is 9.24. The van der Waals surface area contributed by atoms with E-state index in [-0.39, 0.29) is 11.9 Å². The van der Waals surface area contributed by atoms with Gasteiger partial charge < -0.3 is 9.88 Å². The Balaban J connectivity index is 1.70. The van der Waals surface area contributed by atoms with Crippen molar-refractivity contribution in [2.45, 2.75) is 32.4 Å². The largest absolute Gasteiger partial charge is 0.349 e. The van der Waals surface area contributed by atoms with E-state index in [1.54, 1.807) is 18.3 Å². The fourth-order valence-electron chi connectivity index (χ4n) is 2.46. The topological polar surface area (TPSA) is 59.8 Å². The van der Waals surface area contributed by atoms with E-state index < -0.39 is 0 Å². The number of fused-ring (bicyclic) bond motifs is 1. The van der Waals surface area contributed by atoms with E-state index in [9.17, 15) is 4.79 Å². The lowest BCUT2D eigenvalue weighted by Crippen LogP contribution is -2.40. The minimum absolute atomic E-state index is 0.0457. The molecule has 2 aromatic heterocycles. The van der Waals surface area contributed by atoms with Gasteiger partial charge in [-0.25, -0.2) is 4.98 Å². The summed E-state index contributed by atoms with van der Waals surface area (Å²) in [6.07, 6.45) is 7.22. The van der Waals surface area contributed by atoms with E-state index in [0.717, 1.165) is 30.9 Å². The van der Waals surface area contributed by atoms with Crippen LogP contribution in [0.5, 0.6) is 0 Å². The Morgan fingerprint density at radius 3 is 3.16 bits per heavy atom. The van der Waals surface area contributed by atoms with E-state index >= 15 is 0 Å². The fraction of sp³-hybridized carbons (Fsp3) is 0.357. The molecule has 1 atom stereocenters. The number of aryl methyl sites for hydroxylation is 2. The van der Waals surface area contributed by atoms with Crippen LogP contribution >= 0.6 is 0 Å². The number of carbonyl (C=O) groups is 1. The van der Waals surface area contributed by atoms with Gasteiger partial charge in [-0.1, -0.05) is 0 Å². The van der Waals surface area contributed by atoms with Crippen molar-refractivity contribution < 1.29 is 4.79 Å². The van der Waals surface area contributed by atoms with Gasteiger partial charge in [-0.3, -0.25) is 9.78 Å². The molecule has 0 radical (unpaired) electrons. The van der Waals surface area contributed by atoms with Crippen molar-refractivity contribution in [1.29, 1.82) is 0 Å². The molecule has 98 valence electrons. The molecule has 0 aliphatic carbocycles. The van der Waals surface area contributed by atoms with Crippen molar-refractivity contribution >= 4 is 5.91 Å². The van der Waals surface area contributed by atoms with E-state index in [2.05, 4.69) is 19.9 Å². The molecule has 19 heavy (non-hydrogen) atoms. The van der Waals surface area contributed by atoms with Crippen LogP contribution < -0.4 is 5.32 Å². The van der Waals surface area contributed by atoms with Crippen LogP contribution in [0, 0.1) is 6.92 Å². The maximum atomic E-state index is 12.2. The lowest BCUT2D eigenvalue weighted by Gasteiger charge is -2.24. The molecular formula is C14H16N4O. The Labute approximate surface area is 111 Å². The van der Waals surface area contributed by atoms with Crippen molar-refractivity contribution in [3.05, 3.63) is 47.8 Å². The highest BCUT2D eigenvalue weighted by Crippen LogP contribution is 2.14. The van der Waals surface area contributed by atoms with Gasteiger partial charge in [0, 0.05) is 43.3 Å². The number of nitrogens with one attached hydrogen (secondary N) is 1. The molecule has 0 saturated carbocycles. The molecular weight excluding hydrogens is 240 g/mol. The monoisotopic (exact) mass is 256 g/mol. The van der Waals surface area contributed by atoms with Crippen molar-refractivity contribution in [2.75, 3.05) is 0 Å². The molecule has 0 spiro atoms. The molecule has 1 N–H and O–H groups in total. The van der Waals surface area contributed by atoms with Gasteiger partial charge in [-0.2, -0.15) is 0 Å². The number of imidazole rings is 1. The van der Waals surface area contributed by atoms with Gasteiger partial charge in [-0.05, 0) is 25.5 Å². The number of aromatic nitrogens is 3. The molecule has 5 nitrogen and oxygen atoms in total. The summed E-state index contributed by atoms with van der Waals surface area (Å²) in [5.41, 5.74) is 1.41. The van der Waals surface area contributed by atoms with Crippen molar-refractivity contribution in [3.63, 3.8) is 0 Å². The summed E-state index contributed by atoms with van der Waals surface area (Å²) in [4.78, 5) is 20.7. The van der Waals surface area contributed by atoms with Gasteiger partial charge in [0.15, 0.2) is 0 Å². The highest BCUT2D eigenvalue weighted by atomic mass is 16.1. The second kappa shape index (κ2) is 4.84. The molecule has 1 aliphatic rings. The summed E-state index contributed by atoms with van der Waals surface area (Å²) in [6.45, 7) is 2.76. The van der Waals surface area contributed by atoms with E-state index in [4.69, 9.17) is 0 Å². The molecule has 5 heteroatoms. The van der Waals surface area contributed by atoms with Gasteiger partial charge >= 0.3 is 0 Å². The second-order valence-electron chi connectivity index (χ2n) is 4.84. The lowest BCUT2D eigenvalue weighted by atomic mass is 10.1. The molecule has 0 fully saturated rings. The van der Waals surface area contributed by atoms with E-state index in [1.165, 1.54) is 0 Å². The Morgan fingerprint density at radius 2 is 2.32 bits per heavy atom. The number of pyridine rings is 1. The van der Waals surface area contributed by atoms with Crippen molar-refractivity contribution in [3.8, 4) is 0 Å². The molecule has 3 heterocycles. The first kappa shape index (κ1) is 11.9. The summed E-state index contributed by atoms with van der Waals surface area (Å²) in [6, 6.07) is 3.75. The number of carbonyl (C=O) groups excluding carboxylic acids is 1. The average molecular weight is 256 g/mol. The minimum Gasteiger partial charge on any atom is -0.349 e. The first-order valence-electron chi connectivity index (χ1n) is 6.46. The fourth-order valence-corrected chi connectivity index (χ4v) is 2.46. The zero-order valence-electron chi connectivity index (χ0n) is 10.8. The number of amides is 1. The average Bonchev–Trinajstić information content (AvgIpc) is 2.86. The zero-order valence-corrected chi connectivity index (χ0v) is 10.8. The maximum absolute atomic E-state index is 12.2. The quantitative estimate of drug-likeness (QED) is 0.882. The number of hydrogen-bond acceptors (Lipinski definition) is 3. The van der Waals surface area contributed by atoms with Crippen LogP contribution in [0.15, 0.2) is 30.7 Å². The Kier molecular flexibility index (Phi) is 3.03. The van der Waals surface area contributed by atoms with Gasteiger partial charge in [0.25, 0.3) is 5.91 Å². The smallest absolute Gasteiger partial charge is 0.253 e. The van der Waals surface area contributed by atoms with Gasteiger partial charge in [0.2, 0.25) is 0 Å². The van der Waals surface area contributed by atoms with Gasteiger partial charge in [-0.15, -0.1) is 0 Å². The minimum atomic E-state index is -0.0457. The molecule has 3 rings (SSSR count). The van der Waals surface area contributed by atoms with Crippen LogP contribution in [-0.2, 0) is 13.0 Å². The summed E-state index contributed by atoms with van der Waals surface area (Å²) in [5, 5.41) is 3.07. The van der Waals surface area contributed by atoms with Crippen molar-refractivity contribution in [1.82, 2.24) is 19.9 Å². The van der Waals surface area contributed by atoms with Gasteiger partial charge in [0.05, 0.1) is 5.56 Å². The summed E-state index contributed by atoms with van der Waals surface area (Å²) in [5.74, 6) is 0.995. The molecule has 2 aromatic rings. The summed E-state index contributed by atoms with van der Waals surface area (Å²) < 4.78 is 2.14. The third-order valence-electron chi connectivity index (χ3n) is 3.54. The first-order valence-corrected chi connectivity index (χ1v) is 6.46. The molecule has 1 aliphatic heterocycles. The van der Waals surface area contributed by atoms with Crippen LogP contribution in [-0.4, -0.2) is 26.5 Å². The lowest BCUT2D eigenvalue weighted by molar-refractivity contribution is 0.0929. The van der Waals surface area contributed by atoms with Crippen LogP contribution in [0.1, 0.15) is 28.3 Å². The molecule has 0 bridgehead atoms. The van der Waals surface area contributed by atoms with Crippen LogP contribution in [0.2, 0.25) is 0 Å². The van der Waals surface area contributed by atoms with Gasteiger partial charge in [0.1, 0.15) is 5.82 Å². The highest BCUT2D eigenvalue weighted by Gasteiger charge is 2.21. The normalized spacial score (nSPS) is 17.8. The molecule has 1 unspecified atom stereocenters. The molecule has 1 amide bonds. The van der Waals surface area contributed by atoms with Crippen LogP contribution in [0.3, 0.4) is 0 Å². The Hall–Kier alpha value is -2.17. The zero-order chi connectivity index (χ0) is 13.2. The summed E-state index contributed by atoms with van der Waals surface area (Å²) >= 11 is 0. The van der Waals surface area contributed by atoms with E-state index in [1.807, 2.05) is 19.3 Å². The molecule has 0 saturated heterocycles. The molecule has 0 aromatic carbocycles. The second-order valence-corrected chi connectivity index (χ2v) is 4.84. The number of rotatable bonds is 2. The number of hydrogen-bond donors (Lipinski definition) is 1. The standard InChI is InChI=1S/C14H16N4O/c1-10-12(3-2-5-15-10)14(19)17-11-4-7-18-8-6-16-13(18)9-11/h2-3,5-6,8,11H,4,7,9H2,1H3,(H,17,19). The third-order valence-corrected chi connectivity index (χ3v) is 3.54.